The molecule has 28 heavy (non-hydrogen) atoms. The maximum absolute atomic E-state index is 13.7. The zero-order valence-electron chi connectivity index (χ0n) is 15.5. The van der Waals surface area contributed by atoms with Gasteiger partial charge in [-0.3, -0.25) is 4.79 Å². The van der Waals surface area contributed by atoms with Crippen molar-refractivity contribution < 1.29 is 22.0 Å². The fourth-order valence-corrected chi connectivity index (χ4v) is 4.79. The Morgan fingerprint density at radius 1 is 1.04 bits per heavy atom. The second kappa shape index (κ2) is 8.36. The SMILES string of the molecule is CN(C1CCCCC1)S(=O)(=O)c1ccc(C(=O)Nc2ccc(F)cc2F)cc1. The average Bonchev–Trinajstić information content (AvgIpc) is 2.70. The molecule has 5 nitrogen and oxygen atoms in total. The third kappa shape index (κ3) is 4.39. The quantitative estimate of drug-likeness (QED) is 0.808. The molecule has 1 saturated carbocycles. The molecular weight excluding hydrogens is 386 g/mol. The Morgan fingerprint density at radius 3 is 2.29 bits per heavy atom. The van der Waals surface area contributed by atoms with Crippen LogP contribution in [0.15, 0.2) is 47.4 Å². The Bertz CT molecular complexity index is 956. The minimum Gasteiger partial charge on any atom is -0.319 e. The van der Waals surface area contributed by atoms with Crippen LogP contribution in [-0.2, 0) is 10.0 Å². The third-order valence-electron chi connectivity index (χ3n) is 5.06. The first kappa shape index (κ1) is 20.4. The van der Waals surface area contributed by atoms with Crippen LogP contribution in [0.3, 0.4) is 0 Å². The highest BCUT2D eigenvalue weighted by Gasteiger charge is 2.29. The number of anilines is 1. The molecule has 1 N–H and O–H groups in total. The summed E-state index contributed by atoms with van der Waals surface area (Å²) >= 11 is 0. The smallest absolute Gasteiger partial charge is 0.255 e. The topological polar surface area (TPSA) is 66.5 Å². The molecule has 3 rings (SSSR count). The molecule has 0 spiro atoms. The standard InChI is InChI=1S/C20H22F2N2O3S/c1-24(16-5-3-2-4-6-16)28(26,27)17-10-7-14(8-11-17)20(25)23-19-12-9-15(21)13-18(19)22/h7-13,16H,2-6H2,1H3,(H,23,25). The normalized spacial score (nSPS) is 15.6. The van der Waals surface area contributed by atoms with Gasteiger partial charge in [0, 0.05) is 24.7 Å². The Balaban J connectivity index is 1.74. The molecule has 0 aliphatic heterocycles. The van der Waals surface area contributed by atoms with Crippen molar-refractivity contribution >= 4 is 21.6 Å². The number of nitrogens with one attached hydrogen (secondary N) is 1. The molecular formula is C20H22F2N2O3S. The molecule has 0 unspecified atom stereocenters. The molecule has 1 aliphatic carbocycles. The number of hydrogen-bond donors (Lipinski definition) is 1. The van der Waals surface area contributed by atoms with Crippen LogP contribution >= 0.6 is 0 Å². The molecule has 0 radical (unpaired) electrons. The van der Waals surface area contributed by atoms with Crippen LogP contribution in [0.5, 0.6) is 0 Å². The number of nitrogens with zero attached hydrogens (tertiary/aromatic N) is 1. The number of carbonyl (C=O) groups is 1. The molecule has 8 heteroatoms. The van der Waals surface area contributed by atoms with Gasteiger partial charge in [0.05, 0.1) is 10.6 Å². The maximum Gasteiger partial charge on any atom is 0.255 e. The lowest BCUT2D eigenvalue weighted by atomic mass is 9.96. The number of halogens is 2. The first-order chi connectivity index (χ1) is 13.3. The number of hydrogen-bond acceptors (Lipinski definition) is 3. The van der Waals surface area contributed by atoms with E-state index in [0.29, 0.717) is 6.07 Å². The Labute approximate surface area is 163 Å². The molecule has 0 heterocycles. The van der Waals surface area contributed by atoms with Crippen molar-refractivity contribution in [2.24, 2.45) is 0 Å². The van der Waals surface area contributed by atoms with Crippen molar-refractivity contribution in [1.29, 1.82) is 0 Å². The molecule has 2 aromatic rings. The fourth-order valence-electron chi connectivity index (χ4n) is 3.37. The van der Waals surface area contributed by atoms with E-state index in [2.05, 4.69) is 5.32 Å². The largest absolute Gasteiger partial charge is 0.319 e. The van der Waals surface area contributed by atoms with Crippen LogP contribution < -0.4 is 5.32 Å². The van der Waals surface area contributed by atoms with E-state index in [0.717, 1.165) is 44.2 Å². The predicted octanol–water partition coefficient (Wildman–Crippen LogP) is 4.17. The van der Waals surface area contributed by atoms with Crippen molar-refractivity contribution in [3.8, 4) is 0 Å². The van der Waals surface area contributed by atoms with E-state index in [1.807, 2.05) is 0 Å². The van der Waals surface area contributed by atoms with E-state index in [9.17, 15) is 22.0 Å². The second-order valence-corrected chi connectivity index (χ2v) is 8.91. The molecule has 0 aromatic heterocycles. The highest BCUT2D eigenvalue weighted by Crippen LogP contribution is 2.26. The molecule has 1 fully saturated rings. The van der Waals surface area contributed by atoms with Crippen LogP contribution in [0.1, 0.15) is 42.5 Å². The van der Waals surface area contributed by atoms with Gasteiger partial charge in [0.25, 0.3) is 5.91 Å². The van der Waals surface area contributed by atoms with Gasteiger partial charge in [-0.2, -0.15) is 4.31 Å². The lowest BCUT2D eigenvalue weighted by Gasteiger charge is -2.30. The van der Waals surface area contributed by atoms with Crippen LogP contribution in [0.4, 0.5) is 14.5 Å². The molecule has 150 valence electrons. The second-order valence-electron chi connectivity index (χ2n) is 6.92. The monoisotopic (exact) mass is 408 g/mol. The number of benzene rings is 2. The molecule has 1 aliphatic rings. The van der Waals surface area contributed by atoms with Crippen molar-refractivity contribution in [2.45, 2.75) is 43.0 Å². The van der Waals surface area contributed by atoms with Crippen molar-refractivity contribution in [1.82, 2.24) is 4.31 Å². The number of sulfonamides is 1. The third-order valence-corrected chi connectivity index (χ3v) is 6.99. The Morgan fingerprint density at radius 2 is 1.68 bits per heavy atom. The molecule has 0 bridgehead atoms. The van der Waals surface area contributed by atoms with Crippen molar-refractivity contribution in [3.05, 3.63) is 59.7 Å². The summed E-state index contributed by atoms with van der Waals surface area (Å²) in [5.41, 5.74) is 0.0168. The van der Waals surface area contributed by atoms with Crippen molar-refractivity contribution in [3.63, 3.8) is 0 Å². The number of carbonyl (C=O) groups excluding carboxylic acids is 1. The van der Waals surface area contributed by atoms with Crippen LogP contribution in [0.2, 0.25) is 0 Å². The van der Waals surface area contributed by atoms with Crippen LogP contribution in [-0.4, -0.2) is 31.7 Å². The van der Waals surface area contributed by atoms with Crippen molar-refractivity contribution in [2.75, 3.05) is 12.4 Å². The van der Waals surface area contributed by atoms with Crippen LogP contribution in [0, 0.1) is 11.6 Å². The van der Waals surface area contributed by atoms with Gasteiger partial charge >= 0.3 is 0 Å². The highest BCUT2D eigenvalue weighted by molar-refractivity contribution is 7.89. The summed E-state index contributed by atoms with van der Waals surface area (Å²) in [5.74, 6) is -2.25. The first-order valence-electron chi connectivity index (χ1n) is 9.13. The van der Waals surface area contributed by atoms with Gasteiger partial charge in [-0.05, 0) is 49.2 Å². The summed E-state index contributed by atoms with van der Waals surface area (Å²) < 4.78 is 53.7. The zero-order valence-corrected chi connectivity index (χ0v) is 16.3. The lowest BCUT2D eigenvalue weighted by molar-refractivity contribution is 0.102. The summed E-state index contributed by atoms with van der Waals surface area (Å²) in [5, 5.41) is 2.35. The number of amides is 1. The average molecular weight is 408 g/mol. The minimum atomic E-state index is -3.65. The van der Waals surface area contributed by atoms with E-state index in [1.54, 1.807) is 7.05 Å². The van der Waals surface area contributed by atoms with E-state index < -0.39 is 27.6 Å². The van der Waals surface area contributed by atoms with E-state index in [1.165, 1.54) is 28.6 Å². The summed E-state index contributed by atoms with van der Waals surface area (Å²) in [6.07, 6.45) is 4.86. The molecule has 1 amide bonds. The molecule has 0 saturated heterocycles. The maximum atomic E-state index is 13.7. The van der Waals surface area contributed by atoms with Gasteiger partial charge < -0.3 is 5.32 Å². The van der Waals surface area contributed by atoms with Gasteiger partial charge in [-0.15, -0.1) is 0 Å². The van der Waals surface area contributed by atoms with Gasteiger partial charge in [0.2, 0.25) is 10.0 Å². The van der Waals surface area contributed by atoms with Gasteiger partial charge in [-0.1, -0.05) is 19.3 Å². The van der Waals surface area contributed by atoms with E-state index in [4.69, 9.17) is 0 Å². The summed E-state index contributed by atoms with van der Waals surface area (Å²) in [7, 11) is -2.06. The Hall–Kier alpha value is -2.32. The summed E-state index contributed by atoms with van der Waals surface area (Å²) in [6, 6.07) is 8.30. The number of rotatable bonds is 5. The first-order valence-corrected chi connectivity index (χ1v) is 10.6. The predicted molar refractivity (Wildman–Crippen MR) is 103 cm³/mol. The Kier molecular flexibility index (Phi) is 6.10. The van der Waals surface area contributed by atoms with Gasteiger partial charge in [-0.25, -0.2) is 17.2 Å². The van der Waals surface area contributed by atoms with Gasteiger partial charge in [0.1, 0.15) is 11.6 Å². The van der Waals surface area contributed by atoms with E-state index in [-0.39, 0.29) is 22.2 Å². The fraction of sp³-hybridized carbons (Fsp3) is 0.350. The van der Waals surface area contributed by atoms with E-state index >= 15 is 0 Å². The summed E-state index contributed by atoms with van der Waals surface area (Å²) in [6.45, 7) is 0. The van der Waals surface area contributed by atoms with Crippen LogP contribution in [0.25, 0.3) is 0 Å². The molecule has 0 atom stereocenters. The summed E-state index contributed by atoms with van der Waals surface area (Å²) in [4.78, 5) is 12.4. The lowest BCUT2D eigenvalue weighted by Crippen LogP contribution is -2.38. The highest BCUT2D eigenvalue weighted by atomic mass is 32.2. The molecule has 2 aromatic carbocycles. The zero-order chi connectivity index (χ0) is 20.3. The minimum absolute atomic E-state index is 0.0109. The van der Waals surface area contributed by atoms with Gasteiger partial charge in [0.15, 0.2) is 0 Å².